The summed E-state index contributed by atoms with van der Waals surface area (Å²) in [6.07, 6.45) is -3.92. The van der Waals surface area contributed by atoms with Crippen LogP contribution in [0.5, 0.6) is 23.3 Å². The normalized spacial score (nSPS) is 11.4. The highest BCUT2D eigenvalue weighted by Gasteiger charge is 2.34. The molecule has 1 aromatic heterocycles. The van der Waals surface area contributed by atoms with Crippen LogP contribution in [-0.4, -0.2) is 9.97 Å². The molecule has 0 unspecified atom stereocenters. The third-order valence-electron chi connectivity index (χ3n) is 3.37. The van der Waals surface area contributed by atoms with E-state index in [0.717, 1.165) is 18.5 Å². The summed E-state index contributed by atoms with van der Waals surface area (Å²) < 4.78 is 75.6. The maximum Gasteiger partial charge on any atom is 0.419 e. The molecule has 0 saturated heterocycles. The number of benzene rings is 2. The van der Waals surface area contributed by atoms with Crippen molar-refractivity contribution >= 4 is 17.3 Å². The number of aromatic nitrogens is 2. The third kappa shape index (κ3) is 4.22. The largest absolute Gasteiger partial charge is 0.437 e. The van der Waals surface area contributed by atoms with Crippen LogP contribution in [0.3, 0.4) is 0 Å². The minimum absolute atomic E-state index is 0.101. The molecule has 146 valence electrons. The number of hydrogen-bond acceptors (Lipinski definition) is 5. The Bertz CT molecular complexity index is 1030. The number of hydrogen-bond donors (Lipinski definition) is 1. The van der Waals surface area contributed by atoms with Gasteiger partial charge in [-0.05, 0) is 30.3 Å². The van der Waals surface area contributed by atoms with Crippen LogP contribution >= 0.6 is 11.6 Å². The molecule has 0 fully saturated rings. The summed E-state index contributed by atoms with van der Waals surface area (Å²) >= 11 is 5.66. The number of nitrogens with zero attached hydrogens (tertiary/aromatic N) is 2. The molecule has 0 amide bonds. The molecule has 0 saturated carbocycles. The van der Waals surface area contributed by atoms with E-state index in [2.05, 4.69) is 9.97 Å². The Hall–Kier alpha value is -3.14. The van der Waals surface area contributed by atoms with Crippen molar-refractivity contribution in [2.45, 2.75) is 6.18 Å². The molecule has 0 atom stereocenters. The second-order valence-electron chi connectivity index (χ2n) is 5.32. The molecule has 3 aromatic rings. The van der Waals surface area contributed by atoms with Crippen LogP contribution in [-0.2, 0) is 6.18 Å². The van der Waals surface area contributed by atoms with Gasteiger partial charge in [0.15, 0.2) is 5.69 Å². The molecule has 2 aromatic carbocycles. The van der Waals surface area contributed by atoms with Gasteiger partial charge in [0.1, 0.15) is 29.5 Å². The van der Waals surface area contributed by atoms with Crippen LogP contribution in [0, 0.1) is 11.6 Å². The highest BCUT2D eigenvalue weighted by molar-refractivity contribution is 6.30. The van der Waals surface area contributed by atoms with Crippen molar-refractivity contribution in [3.63, 3.8) is 0 Å². The highest BCUT2D eigenvalue weighted by Crippen LogP contribution is 2.37. The van der Waals surface area contributed by atoms with Crippen molar-refractivity contribution < 1.29 is 31.4 Å². The summed E-state index contributed by atoms with van der Waals surface area (Å²) in [5, 5.41) is -0.201. The first-order chi connectivity index (χ1) is 13.1. The molecule has 11 heteroatoms. The van der Waals surface area contributed by atoms with Crippen molar-refractivity contribution in [1.29, 1.82) is 0 Å². The van der Waals surface area contributed by atoms with Crippen LogP contribution in [0.2, 0.25) is 5.02 Å². The number of ether oxygens (including phenoxy) is 2. The van der Waals surface area contributed by atoms with E-state index < -0.39 is 23.4 Å². The zero-order chi connectivity index (χ0) is 20.5. The van der Waals surface area contributed by atoms with Gasteiger partial charge in [-0.25, -0.2) is 8.78 Å². The zero-order valence-corrected chi connectivity index (χ0v) is 14.4. The van der Waals surface area contributed by atoms with Crippen LogP contribution in [0.1, 0.15) is 5.56 Å². The lowest BCUT2D eigenvalue weighted by Crippen LogP contribution is -2.08. The van der Waals surface area contributed by atoms with E-state index >= 15 is 0 Å². The van der Waals surface area contributed by atoms with E-state index in [0.29, 0.717) is 12.1 Å². The summed E-state index contributed by atoms with van der Waals surface area (Å²) in [7, 11) is 0. The molecule has 0 bridgehead atoms. The van der Waals surface area contributed by atoms with E-state index in [1.54, 1.807) is 0 Å². The molecular weight excluding hydrogens is 409 g/mol. The van der Waals surface area contributed by atoms with E-state index in [-0.39, 0.29) is 34.0 Å². The number of nitrogen functional groups attached to an aromatic ring is 1. The van der Waals surface area contributed by atoms with Crippen molar-refractivity contribution in [3.05, 3.63) is 64.9 Å². The van der Waals surface area contributed by atoms with E-state index in [4.69, 9.17) is 26.8 Å². The minimum atomic E-state index is -4.91. The Balaban J connectivity index is 1.88. The number of alkyl halides is 3. The molecular formula is C17H9ClF5N3O2. The number of rotatable bonds is 4. The maximum atomic E-state index is 13.4. The first-order valence-corrected chi connectivity index (χ1v) is 7.81. The minimum Gasteiger partial charge on any atom is -0.437 e. The Morgan fingerprint density at radius 3 is 1.93 bits per heavy atom. The van der Waals surface area contributed by atoms with Gasteiger partial charge in [0, 0.05) is 6.07 Å². The smallest absolute Gasteiger partial charge is 0.419 e. The van der Waals surface area contributed by atoms with Gasteiger partial charge in [-0.15, -0.1) is 0 Å². The molecule has 0 aliphatic carbocycles. The number of halogens is 6. The fourth-order valence-electron chi connectivity index (χ4n) is 2.08. The van der Waals surface area contributed by atoms with Crippen molar-refractivity contribution in [1.82, 2.24) is 9.97 Å². The molecule has 3 rings (SSSR count). The lowest BCUT2D eigenvalue weighted by molar-refractivity contribution is -0.140. The summed E-state index contributed by atoms with van der Waals surface area (Å²) in [4.78, 5) is 7.51. The van der Waals surface area contributed by atoms with Gasteiger partial charge in [-0.1, -0.05) is 11.6 Å². The van der Waals surface area contributed by atoms with Crippen LogP contribution in [0.25, 0.3) is 0 Å². The Labute approximate surface area is 159 Å². The van der Waals surface area contributed by atoms with Crippen LogP contribution < -0.4 is 15.2 Å². The maximum absolute atomic E-state index is 13.4. The average molecular weight is 418 g/mol. The zero-order valence-electron chi connectivity index (χ0n) is 13.6. The van der Waals surface area contributed by atoms with Crippen molar-refractivity contribution in [3.8, 4) is 23.3 Å². The predicted octanol–water partition coefficient (Wildman–Crippen LogP) is 5.59. The van der Waals surface area contributed by atoms with E-state index in [1.807, 2.05) is 0 Å². The molecule has 0 aliphatic heterocycles. The topological polar surface area (TPSA) is 70.3 Å². The number of nitrogens with two attached hydrogens (primary N) is 1. The summed E-state index contributed by atoms with van der Waals surface area (Å²) in [5.74, 6) is -2.89. The Kier molecular flexibility index (Phi) is 5.23. The van der Waals surface area contributed by atoms with Gasteiger partial charge >= 0.3 is 6.18 Å². The fraction of sp³-hybridized carbons (Fsp3) is 0.0588. The molecule has 1 heterocycles. The summed E-state index contributed by atoms with van der Waals surface area (Å²) in [6, 6.07) is 5.55. The predicted molar refractivity (Wildman–Crippen MR) is 89.4 cm³/mol. The monoisotopic (exact) mass is 417 g/mol. The molecule has 0 aliphatic rings. The van der Waals surface area contributed by atoms with Gasteiger partial charge in [0.2, 0.25) is 11.8 Å². The second-order valence-corrected chi connectivity index (χ2v) is 5.72. The highest BCUT2D eigenvalue weighted by atomic mass is 35.5. The fourth-order valence-corrected chi connectivity index (χ4v) is 2.25. The van der Waals surface area contributed by atoms with Gasteiger partial charge in [-0.3, -0.25) is 0 Å². The number of anilines is 1. The van der Waals surface area contributed by atoms with Gasteiger partial charge < -0.3 is 15.2 Å². The van der Waals surface area contributed by atoms with Gasteiger partial charge in [-0.2, -0.15) is 23.1 Å². The van der Waals surface area contributed by atoms with Gasteiger partial charge in [0.05, 0.1) is 10.6 Å². The van der Waals surface area contributed by atoms with Crippen LogP contribution in [0.4, 0.5) is 27.6 Å². The summed E-state index contributed by atoms with van der Waals surface area (Å²) in [5.41, 5.74) is 4.07. The SMILES string of the molecule is Nc1c(Oc2ccc(F)c(Cl)c2)ncnc1Oc1ccc(F)c(C(F)(F)F)c1. The Morgan fingerprint density at radius 1 is 0.857 bits per heavy atom. The average Bonchev–Trinajstić information content (AvgIpc) is 2.62. The van der Waals surface area contributed by atoms with E-state index in [1.165, 1.54) is 12.1 Å². The molecule has 0 spiro atoms. The molecule has 0 radical (unpaired) electrons. The molecule has 28 heavy (non-hydrogen) atoms. The lowest BCUT2D eigenvalue weighted by Gasteiger charge is -2.13. The standard InChI is InChI=1S/C17H9ClF5N3O2/c18-11-6-9(2-4-13(11)20)28-16-14(24)15(25-7-26-16)27-8-1-3-12(19)10(5-8)17(21,22)23/h1-7H,24H2. The lowest BCUT2D eigenvalue weighted by atomic mass is 10.2. The third-order valence-corrected chi connectivity index (χ3v) is 3.66. The Morgan fingerprint density at radius 2 is 1.39 bits per heavy atom. The first-order valence-electron chi connectivity index (χ1n) is 7.43. The van der Waals surface area contributed by atoms with Gasteiger partial charge in [0.25, 0.3) is 0 Å². The quantitative estimate of drug-likeness (QED) is 0.560. The summed E-state index contributed by atoms with van der Waals surface area (Å²) in [6.45, 7) is 0. The second kappa shape index (κ2) is 7.47. The van der Waals surface area contributed by atoms with Crippen LogP contribution in [0.15, 0.2) is 42.7 Å². The van der Waals surface area contributed by atoms with Crippen molar-refractivity contribution in [2.24, 2.45) is 0 Å². The van der Waals surface area contributed by atoms with Crippen molar-refractivity contribution in [2.75, 3.05) is 5.73 Å². The molecule has 2 N–H and O–H groups in total. The first kappa shape index (κ1) is 19.6. The van der Waals surface area contributed by atoms with E-state index in [9.17, 15) is 22.0 Å². The molecule has 5 nitrogen and oxygen atoms in total.